The second kappa shape index (κ2) is 3.89. The molecule has 1 aromatic carbocycles. The van der Waals surface area contributed by atoms with E-state index in [-0.39, 0.29) is 11.6 Å². The van der Waals surface area contributed by atoms with E-state index in [2.05, 4.69) is 5.32 Å². The van der Waals surface area contributed by atoms with Gasteiger partial charge in [0.1, 0.15) is 11.4 Å². The van der Waals surface area contributed by atoms with Gasteiger partial charge in [-0.05, 0) is 32.0 Å². The Balaban J connectivity index is 1.99. The minimum atomic E-state index is -0.104. The summed E-state index contributed by atoms with van der Waals surface area (Å²) >= 11 is 0. The molecule has 0 aliphatic carbocycles. The molecule has 1 atom stereocenters. The van der Waals surface area contributed by atoms with E-state index in [0.29, 0.717) is 5.69 Å². The molecule has 2 aliphatic heterocycles. The SMILES string of the molecule is Nc1cccc2c1OC1(CCNCC1)CC2N. The number of hydrogen-bond acceptors (Lipinski definition) is 4. The van der Waals surface area contributed by atoms with Crippen LogP contribution >= 0.6 is 0 Å². The van der Waals surface area contributed by atoms with Gasteiger partial charge in [0, 0.05) is 18.0 Å². The van der Waals surface area contributed by atoms with Crippen molar-refractivity contribution in [1.29, 1.82) is 0 Å². The highest BCUT2D eigenvalue weighted by Crippen LogP contribution is 2.44. The smallest absolute Gasteiger partial charge is 0.147 e. The highest BCUT2D eigenvalue weighted by molar-refractivity contribution is 5.59. The number of ether oxygens (including phenoxy) is 1. The summed E-state index contributed by atoms with van der Waals surface area (Å²) in [4.78, 5) is 0. The normalized spacial score (nSPS) is 26.3. The third-order valence-electron chi connectivity index (χ3n) is 3.90. The van der Waals surface area contributed by atoms with Crippen LogP contribution in [-0.2, 0) is 0 Å². The highest BCUT2D eigenvalue weighted by atomic mass is 16.5. The van der Waals surface area contributed by atoms with Crippen molar-refractivity contribution in [3.05, 3.63) is 23.8 Å². The van der Waals surface area contributed by atoms with Gasteiger partial charge in [0.25, 0.3) is 0 Å². The van der Waals surface area contributed by atoms with Crippen molar-refractivity contribution in [1.82, 2.24) is 5.32 Å². The zero-order chi connectivity index (χ0) is 11.9. The maximum Gasteiger partial charge on any atom is 0.147 e. The first kappa shape index (κ1) is 10.9. The van der Waals surface area contributed by atoms with Gasteiger partial charge < -0.3 is 21.5 Å². The van der Waals surface area contributed by atoms with Gasteiger partial charge in [-0.2, -0.15) is 0 Å². The molecule has 17 heavy (non-hydrogen) atoms. The number of fused-ring (bicyclic) bond motifs is 1. The van der Waals surface area contributed by atoms with Crippen molar-refractivity contribution in [2.45, 2.75) is 30.9 Å². The average molecular weight is 233 g/mol. The van der Waals surface area contributed by atoms with Crippen molar-refractivity contribution in [2.75, 3.05) is 18.8 Å². The number of nitrogens with two attached hydrogens (primary N) is 2. The van der Waals surface area contributed by atoms with E-state index in [1.165, 1.54) is 0 Å². The Hall–Kier alpha value is -1.26. The lowest BCUT2D eigenvalue weighted by atomic mass is 9.81. The molecule has 0 radical (unpaired) electrons. The summed E-state index contributed by atoms with van der Waals surface area (Å²) in [5, 5.41) is 3.36. The van der Waals surface area contributed by atoms with Crippen molar-refractivity contribution < 1.29 is 4.74 Å². The predicted molar refractivity (Wildman–Crippen MR) is 67.9 cm³/mol. The number of benzene rings is 1. The summed E-state index contributed by atoms with van der Waals surface area (Å²) in [5.74, 6) is 0.813. The van der Waals surface area contributed by atoms with E-state index >= 15 is 0 Å². The second-order valence-corrected chi connectivity index (χ2v) is 5.11. The summed E-state index contributed by atoms with van der Waals surface area (Å²) < 4.78 is 6.22. The summed E-state index contributed by atoms with van der Waals surface area (Å²) in [7, 11) is 0. The van der Waals surface area contributed by atoms with Crippen LogP contribution in [0.2, 0.25) is 0 Å². The first-order valence-corrected chi connectivity index (χ1v) is 6.24. The first-order chi connectivity index (χ1) is 8.20. The number of rotatable bonds is 0. The van der Waals surface area contributed by atoms with Crippen LogP contribution in [0.5, 0.6) is 5.75 Å². The molecule has 3 rings (SSSR count). The Morgan fingerprint density at radius 2 is 2.06 bits per heavy atom. The molecule has 92 valence electrons. The molecular formula is C13H19N3O. The van der Waals surface area contributed by atoms with Crippen molar-refractivity contribution in [3.8, 4) is 5.75 Å². The molecule has 1 saturated heterocycles. The maximum atomic E-state index is 6.26. The summed E-state index contributed by atoms with van der Waals surface area (Å²) in [6.07, 6.45) is 2.91. The third-order valence-corrected chi connectivity index (χ3v) is 3.90. The van der Waals surface area contributed by atoms with Gasteiger partial charge >= 0.3 is 0 Å². The van der Waals surface area contributed by atoms with Crippen LogP contribution in [0.4, 0.5) is 5.69 Å². The van der Waals surface area contributed by atoms with Crippen LogP contribution < -0.4 is 21.5 Å². The first-order valence-electron chi connectivity index (χ1n) is 6.24. The van der Waals surface area contributed by atoms with E-state index in [4.69, 9.17) is 16.2 Å². The van der Waals surface area contributed by atoms with Gasteiger partial charge in [-0.1, -0.05) is 12.1 Å². The molecule has 0 saturated carbocycles. The Morgan fingerprint density at radius 1 is 1.29 bits per heavy atom. The van der Waals surface area contributed by atoms with E-state index in [0.717, 1.165) is 43.7 Å². The van der Waals surface area contributed by atoms with E-state index in [1.807, 2.05) is 18.2 Å². The van der Waals surface area contributed by atoms with Crippen molar-refractivity contribution in [2.24, 2.45) is 5.73 Å². The maximum absolute atomic E-state index is 6.26. The minimum absolute atomic E-state index is 0.0420. The third kappa shape index (κ3) is 1.77. The lowest BCUT2D eigenvalue weighted by Gasteiger charge is -2.44. The zero-order valence-electron chi connectivity index (χ0n) is 9.91. The van der Waals surface area contributed by atoms with Crippen LogP contribution in [0.1, 0.15) is 30.9 Å². The number of anilines is 1. The van der Waals surface area contributed by atoms with E-state index in [1.54, 1.807) is 0 Å². The van der Waals surface area contributed by atoms with Gasteiger partial charge in [-0.15, -0.1) is 0 Å². The summed E-state index contributed by atoms with van der Waals surface area (Å²) in [5.41, 5.74) is 13.9. The molecule has 0 aromatic heterocycles. The lowest BCUT2D eigenvalue weighted by Crippen LogP contribution is -2.50. The molecule has 1 fully saturated rings. The Bertz CT molecular complexity index is 427. The molecule has 1 spiro atoms. The fraction of sp³-hybridized carbons (Fsp3) is 0.538. The Kier molecular flexibility index (Phi) is 2.49. The van der Waals surface area contributed by atoms with E-state index in [9.17, 15) is 0 Å². The summed E-state index contributed by atoms with van der Waals surface area (Å²) in [6, 6.07) is 5.88. The molecule has 1 aromatic rings. The van der Waals surface area contributed by atoms with Crippen LogP contribution in [0.15, 0.2) is 18.2 Å². The quantitative estimate of drug-likeness (QED) is 0.588. The van der Waals surface area contributed by atoms with Crippen LogP contribution in [0.3, 0.4) is 0 Å². The van der Waals surface area contributed by atoms with Crippen LogP contribution in [0.25, 0.3) is 0 Å². The zero-order valence-corrected chi connectivity index (χ0v) is 9.91. The fourth-order valence-electron chi connectivity index (χ4n) is 2.94. The second-order valence-electron chi connectivity index (χ2n) is 5.11. The number of nitrogen functional groups attached to an aromatic ring is 1. The average Bonchev–Trinajstić information content (AvgIpc) is 2.32. The summed E-state index contributed by atoms with van der Waals surface area (Å²) in [6.45, 7) is 1.99. The van der Waals surface area contributed by atoms with E-state index < -0.39 is 0 Å². The molecule has 1 unspecified atom stereocenters. The lowest BCUT2D eigenvalue weighted by molar-refractivity contribution is 0.00870. The molecule has 2 aliphatic rings. The fourth-order valence-corrected chi connectivity index (χ4v) is 2.94. The van der Waals surface area contributed by atoms with Crippen molar-refractivity contribution >= 4 is 5.69 Å². The van der Waals surface area contributed by atoms with Gasteiger partial charge in [0.2, 0.25) is 0 Å². The number of piperidine rings is 1. The monoisotopic (exact) mass is 233 g/mol. The van der Waals surface area contributed by atoms with Crippen molar-refractivity contribution in [3.63, 3.8) is 0 Å². The molecule has 4 nitrogen and oxygen atoms in total. The molecule has 0 bridgehead atoms. The molecular weight excluding hydrogens is 214 g/mol. The van der Waals surface area contributed by atoms with Crippen LogP contribution in [0, 0.1) is 0 Å². The van der Waals surface area contributed by atoms with Gasteiger partial charge in [0.15, 0.2) is 0 Å². The minimum Gasteiger partial charge on any atom is -0.485 e. The standard InChI is InChI=1S/C13H19N3O/c14-10-3-1-2-9-11(15)8-13(17-12(9)10)4-6-16-7-5-13/h1-3,11,16H,4-8,14-15H2. The van der Waals surface area contributed by atoms with Gasteiger partial charge in [-0.25, -0.2) is 0 Å². The molecule has 5 N–H and O–H groups in total. The van der Waals surface area contributed by atoms with Crippen LogP contribution in [-0.4, -0.2) is 18.7 Å². The van der Waals surface area contributed by atoms with Gasteiger partial charge in [-0.3, -0.25) is 0 Å². The topological polar surface area (TPSA) is 73.3 Å². The Morgan fingerprint density at radius 3 is 2.82 bits per heavy atom. The predicted octanol–water partition coefficient (Wildman–Crippen LogP) is 1.17. The largest absolute Gasteiger partial charge is 0.485 e. The molecule has 2 heterocycles. The number of nitrogens with one attached hydrogen (secondary N) is 1. The molecule has 4 heteroatoms. The highest BCUT2D eigenvalue weighted by Gasteiger charge is 2.41. The number of hydrogen-bond donors (Lipinski definition) is 3. The van der Waals surface area contributed by atoms with Gasteiger partial charge in [0.05, 0.1) is 5.69 Å². The molecule has 0 amide bonds. The Labute approximate surface area is 101 Å². The number of para-hydroxylation sites is 1.